The average Bonchev–Trinajstić information content (AvgIpc) is 2.76. The molecule has 3 aliphatic heterocycles. The lowest BCUT2D eigenvalue weighted by molar-refractivity contribution is -0.248. The van der Waals surface area contributed by atoms with E-state index in [0.29, 0.717) is 6.42 Å². The molecule has 0 amide bonds. The van der Waals surface area contributed by atoms with E-state index in [9.17, 15) is 5.11 Å². The topological polar surface area (TPSA) is 35.9 Å². The van der Waals surface area contributed by atoms with E-state index in [1.807, 2.05) is 0 Å². The Bertz CT molecular complexity index is 1060. The molecule has 2 aromatic rings. The van der Waals surface area contributed by atoms with Crippen LogP contribution in [0, 0.1) is 5.92 Å². The zero-order valence-electron chi connectivity index (χ0n) is 18.4. The molecule has 0 bridgehead atoms. The molecular formula is C26H28Br2N2O2. The summed E-state index contributed by atoms with van der Waals surface area (Å²) in [4.78, 5) is 4.65. The van der Waals surface area contributed by atoms with Gasteiger partial charge < -0.3 is 14.7 Å². The van der Waals surface area contributed by atoms with E-state index >= 15 is 0 Å². The van der Waals surface area contributed by atoms with Crippen LogP contribution < -0.4 is 0 Å². The van der Waals surface area contributed by atoms with E-state index < -0.39 is 5.79 Å². The maximum Gasteiger partial charge on any atom is 0.214 e. The van der Waals surface area contributed by atoms with Gasteiger partial charge in [0, 0.05) is 59.0 Å². The Hall–Kier alpha value is -1.44. The van der Waals surface area contributed by atoms with E-state index in [1.165, 1.54) is 11.1 Å². The van der Waals surface area contributed by atoms with E-state index in [1.54, 1.807) is 0 Å². The fourth-order valence-electron chi connectivity index (χ4n) is 5.35. The van der Waals surface area contributed by atoms with Crippen LogP contribution in [0.4, 0.5) is 0 Å². The molecule has 0 aliphatic carbocycles. The number of rotatable bonds is 2. The Labute approximate surface area is 206 Å². The molecular weight excluding hydrogens is 532 g/mol. The van der Waals surface area contributed by atoms with Gasteiger partial charge in [-0.3, -0.25) is 4.90 Å². The molecule has 0 saturated carbocycles. The molecule has 1 saturated heterocycles. The number of fused-ring (bicyclic) bond motifs is 1. The summed E-state index contributed by atoms with van der Waals surface area (Å²) in [5.41, 5.74) is 4.77. The Morgan fingerprint density at radius 3 is 2.31 bits per heavy atom. The molecule has 5 rings (SSSR count). The number of piperidine rings is 1. The lowest BCUT2D eigenvalue weighted by atomic mass is 9.70. The third-order valence-electron chi connectivity index (χ3n) is 6.90. The summed E-state index contributed by atoms with van der Waals surface area (Å²) in [7, 11) is 4.29. The van der Waals surface area contributed by atoms with Crippen molar-refractivity contribution in [2.24, 2.45) is 5.92 Å². The first-order valence-corrected chi connectivity index (χ1v) is 12.6. The van der Waals surface area contributed by atoms with Crippen molar-refractivity contribution in [1.29, 1.82) is 0 Å². The number of likely N-dealkylation sites (N-methyl/N-ethyl adjacent to an activating group) is 1. The van der Waals surface area contributed by atoms with Crippen molar-refractivity contribution in [3.63, 3.8) is 0 Å². The van der Waals surface area contributed by atoms with E-state index in [4.69, 9.17) is 4.74 Å². The smallest absolute Gasteiger partial charge is 0.214 e. The van der Waals surface area contributed by atoms with Gasteiger partial charge in [-0.25, -0.2) is 0 Å². The number of benzene rings is 2. The fourth-order valence-corrected chi connectivity index (χ4v) is 5.88. The molecule has 0 radical (unpaired) electrons. The minimum atomic E-state index is -1.15. The van der Waals surface area contributed by atoms with Crippen LogP contribution in [0.25, 0.3) is 6.08 Å². The van der Waals surface area contributed by atoms with Crippen LogP contribution in [0.3, 0.4) is 0 Å². The molecule has 4 nitrogen and oxygen atoms in total. The highest BCUT2D eigenvalue weighted by molar-refractivity contribution is 9.10. The first-order chi connectivity index (χ1) is 15.3. The zero-order valence-corrected chi connectivity index (χ0v) is 21.6. The van der Waals surface area contributed by atoms with Crippen LogP contribution in [0.15, 0.2) is 74.4 Å². The van der Waals surface area contributed by atoms with Gasteiger partial charge in [-0.2, -0.15) is 0 Å². The Balaban J connectivity index is 1.66. The van der Waals surface area contributed by atoms with Crippen molar-refractivity contribution in [3.05, 3.63) is 85.5 Å². The highest BCUT2D eigenvalue weighted by Gasteiger charge is 2.53. The number of likely N-dealkylation sites (tertiary alicyclic amines) is 1. The predicted octanol–water partition coefficient (Wildman–Crippen LogP) is 5.25. The Kier molecular flexibility index (Phi) is 6.10. The van der Waals surface area contributed by atoms with Crippen molar-refractivity contribution in [2.45, 2.75) is 18.1 Å². The number of aliphatic hydroxyl groups is 1. The largest absolute Gasteiger partial charge is 0.462 e. The van der Waals surface area contributed by atoms with Crippen LogP contribution >= 0.6 is 31.9 Å². The van der Waals surface area contributed by atoms with Gasteiger partial charge in [0.05, 0.1) is 0 Å². The summed E-state index contributed by atoms with van der Waals surface area (Å²) in [6.07, 6.45) is 2.81. The van der Waals surface area contributed by atoms with Crippen molar-refractivity contribution in [2.75, 3.05) is 40.3 Å². The van der Waals surface area contributed by atoms with Gasteiger partial charge in [0.15, 0.2) is 0 Å². The van der Waals surface area contributed by atoms with E-state index in [2.05, 4.69) is 110 Å². The molecule has 0 spiro atoms. The summed E-state index contributed by atoms with van der Waals surface area (Å²) in [5.74, 6) is -0.169. The van der Waals surface area contributed by atoms with Crippen LogP contribution in [-0.4, -0.2) is 61.0 Å². The zero-order chi connectivity index (χ0) is 22.5. The number of hydrogen-bond acceptors (Lipinski definition) is 4. The van der Waals surface area contributed by atoms with Crippen LogP contribution in [0.2, 0.25) is 0 Å². The summed E-state index contributed by atoms with van der Waals surface area (Å²) < 4.78 is 8.69. The summed E-state index contributed by atoms with van der Waals surface area (Å²) >= 11 is 7.09. The maximum absolute atomic E-state index is 11.8. The quantitative estimate of drug-likeness (QED) is 0.545. The molecule has 168 valence electrons. The molecule has 3 heterocycles. The van der Waals surface area contributed by atoms with Gasteiger partial charge in [0.2, 0.25) is 5.79 Å². The molecule has 3 unspecified atom stereocenters. The molecule has 1 N–H and O–H groups in total. The van der Waals surface area contributed by atoms with Crippen molar-refractivity contribution >= 4 is 37.9 Å². The highest BCUT2D eigenvalue weighted by atomic mass is 79.9. The van der Waals surface area contributed by atoms with Crippen molar-refractivity contribution < 1.29 is 9.84 Å². The van der Waals surface area contributed by atoms with Crippen LogP contribution in [0.1, 0.15) is 23.5 Å². The molecule has 1 fully saturated rings. The van der Waals surface area contributed by atoms with Gasteiger partial charge in [-0.15, -0.1) is 0 Å². The third-order valence-corrected chi connectivity index (χ3v) is 7.96. The minimum absolute atomic E-state index is 0.0124. The number of halogens is 2. The minimum Gasteiger partial charge on any atom is -0.462 e. The molecule has 2 aromatic carbocycles. The second kappa shape index (κ2) is 8.73. The predicted molar refractivity (Wildman–Crippen MR) is 135 cm³/mol. The monoisotopic (exact) mass is 558 g/mol. The normalized spacial score (nSPS) is 30.1. The fraction of sp³-hybridized carbons (Fsp3) is 0.385. The van der Waals surface area contributed by atoms with Crippen LogP contribution in [-0.2, 0) is 4.74 Å². The maximum atomic E-state index is 11.8. The first kappa shape index (κ1) is 22.4. The summed E-state index contributed by atoms with van der Waals surface area (Å²) in [6.45, 7) is 3.27. The molecule has 6 heteroatoms. The first-order valence-electron chi connectivity index (χ1n) is 11.1. The average molecular weight is 560 g/mol. The molecule has 3 atom stereocenters. The number of hydrogen-bond donors (Lipinski definition) is 1. The molecule has 0 aromatic heterocycles. The van der Waals surface area contributed by atoms with Crippen LogP contribution in [0.5, 0.6) is 0 Å². The highest BCUT2D eigenvalue weighted by Crippen LogP contribution is 2.51. The van der Waals surface area contributed by atoms with Gasteiger partial charge in [-0.1, -0.05) is 56.1 Å². The second-order valence-corrected chi connectivity index (χ2v) is 11.2. The summed E-state index contributed by atoms with van der Waals surface area (Å²) in [6, 6.07) is 16.9. The lowest BCUT2D eigenvalue weighted by Gasteiger charge is -2.52. The van der Waals surface area contributed by atoms with E-state index in [-0.39, 0.29) is 11.8 Å². The Morgan fingerprint density at radius 2 is 1.62 bits per heavy atom. The standard InChI is InChI=1S/C26H28Br2N2O2/c1-29-12-11-26(31)23(16-29)24(18-5-9-21(28)10-6-18)22-15-30(2)14-19(25(22)32-26)13-17-3-7-20(27)8-4-17/h3-10,13,23-24,31H,11-12,14-16H2,1-2H3. The van der Waals surface area contributed by atoms with Crippen molar-refractivity contribution in [3.8, 4) is 0 Å². The summed E-state index contributed by atoms with van der Waals surface area (Å²) in [5, 5.41) is 11.8. The number of ether oxygens (including phenoxy) is 1. The second-order valence-electron chi connectivity index (χ2n) is 9.34. The SMILES string of the molecule is CN1CC(=Cc2ccc(Br)cc2)C2=C(C1)C(c1ccc(Br)cc1)C1CN(C)CCC1(O)O2. The van der Waals surface area contributed by atoms with Gasteiger partial charge in [0.1, 0.15) is 5.76 Å². The van der Waals surface area contributed by atoms with Gasteiger partial charge in [-0.05, 0) is 61.1 Å². The molecule has 3 aliphatic rings. The van der Waals surface area contributed by atoms with Gasteiger partial charge in [0.25, 0.3) is 0 Å². The number of nitrogens with zero attached hydrogens (tertiary/aromatic N) is 2. The lowest BCUT2D eigenvalue weighted by Crippen LogP contribution is -2.58. The van der Waals surface area contributed by atoms with Crippen molar-refractivity contribution in [1.82, 2.24) is 9.80 Å². The molecule has 32 heavy (non-hydrogen) atoms. The third kappa shape index (κ3) is 4.24. The van der Waals surface area contributed by atoms with E-state index in [0.717, 1.165) is 52.0 Å². The van der Waals surface area contributed by atoms with Gasteiger partial charge >= 0.3 is 0 Å². The Morgan fingerprint density at radius 1 is 0.969 bits per heavy atom.